The fourth-order valence-corrected chi connectivity index (χ4v) is 3.68. The highest BCUT2D eigenvalue weighted by molar-refractivity contribution is 5.93. The molecule has 29 heavy (non-hydrogen) atoms. The van der Waals surface area contributed by atoms with Crippen LogP contribution in [0.3, 0.4) is 0 Å². The van der Waals surface area contributed by atoms with Crippen molar-refractivity contribution in [2.75, 3.05) is 0 Å². The Bertz CT molecular complexity index is 909. The van der Waals surface area contributed by atoms with Crippen LogP contribution >= 0.6 is 0 Å². The van der Waals surface area contributed by atoms with Gasteiger partial charge in [0.25, 0.3) is 5.91 Å². The normalized spacial score (nSPS) is 19.1. The third-order valence-electron chi connectivity index (χ3n) is 5.69. The zero-order chi connectivity index (χ0) is 20.8. The first kappa shape index (κ1) is 20.8. The number of hydrogen-bond donors (Lipinski definition) is 1. The molecule has 0 unspecified atom stereocenters. The molecular formula is C23H30N4O2. The molecule has 1 saturated carbocycles. The molecule has 0 radical (unpaired) electrons. The molecule has 1 N–H and O–H groups in total. The number of rotatable bonds is 5. The molecule has 1 aromatic carbocycles. The van der Waals surface area contributed by atoms with E-state index in [1.807, 2.05) is 32.9 Å². The zero-order valence-corrected chi connectivity index (χ0v) is 17.4. The Morgan fingerprint density at radius 1 is 1.21 bits per heavy atom. The number of carbonyl (C=O) groups excluding carboxylic acids is 1. The highest BCUT2D eigenvalue weighted by Crippen LogP contribution is 2.28. The largest absolute Gasteiger partial charge is 0.490 e. The van der Waals surface area contributed by atoms with Crippen molar-refractivity contribution in [2.45, 2.75) is 71.4 Å². The first-order valence-electron chi connectivity index (χ1n) is 10.3. The molecule has 1 aliphatic rings. The Morgan fingerprint density at radius 2 is 1.97 bits per heavy atom. The lowest BCUT2D eigenvalue weighted by atomic mass is 10.0. The Labute approximate surface area is 173 Å². The summed E-state index contributed by atoms with van der Waals surface area (Å²) < 4.78 is 6.27. The Balaban J connectivity index is 0.00000320. The zero-order valence-electron chi connectivity index (χ0n) is 17.4. The van der Waals surface area contributed by atoms with Gasteiger partial charge in [-0.2, -0.15) is 5.26 Å². The van der Waals surface area contributed by atoms with E-state index < -0.39 is 0 Å². The number of hydrogen-bond acceptors (Lipinski definition) is 5. The first-order valence-corrected chi connectivity index (χ1v) is 10.3. The summed E-state index contributed by atoms with van der Waals surface area (Å²) in [7, 11) is 0. The fourth-order valence-electron chi connectivity index (χ4n) is 3.68. The molecule has 6 nitrogen and oxygen atoms in total. The summed E-state index contributed by atoms with van der Waals surface area (Å²) in [5.74, 6) is 1.47. The first-order chi connectivity index (χ1) is 14.0. The lowest BCUT2D eigenvalue weighted by molar-refractivity contribution is 0.0931. The molecule has 6 heteroatoms. The van der Waals surface area contributed by atoms with Crippen LogP contribution in [0.4, 0.5) is 0 Å². The number of nitrogens with one attached hydrogen (secondary N) is 1. The Kier molecular flexibility index (Phi) is 6.82. The summed E-state index contributed by atoms with van der Waals surface area (Å²) in [6, 6.07) is 6.06. The minimum atomic E-state index is -0.115. The van der Waals surface area contributed by atoms with E-state index >= 15 is 0 Å². The summed E-state index contributed by atoms with van der Waals surface area (Å²) in [4.78, 5) is 20.9. The Morgan fingerprint density at radius 3 is 2.66 bits per heavy atom. The summed E-state index contributed by atoms with van der Waals surface area (Å²) >= 11 is 0. The van der Waals surface area contributed by atoms with Gasteiger partial charge in [0.2, 0.25) is 0 Å². The van der Waals surface area contributed by atoms with Gasteiger partial charge in [-0.15, -0.1) is 0 Å². The molecule has 0 bridgehead atoms. The Hall–Kier alpha value is -2.94. The van der Waals surface area contributed by atoms with Gasteiger partial charge in [0.1, 0.15) is 11.6 Å². The van der Waals surface area contributed by atoms with E-state index in [1.165, 1.54) is 0 Å². The van der Waals surface area contributed by atoms with Gasteiger partial charge in [-0.05, 0) is 69.2 Å². The minimum absolute atomic E-state index is 0. The number of nitriles is 1. The van der Waals surface area contributed by atoms with Gasteiger partial charge < -0.3 is 10.1 Å². The van der Waals surface area contributed by atoms with Crippen LogP contribution in [0.15, 0.2) is 24.5 Å². The number of ether oxygens (including phenoxy) is 1. The van der Waals surface area contributed by atoms with Crippen LogP contribution in [-0.4, -0.2) is 28.0 Å². The predicted octanol–water partition coefficient (Wildman–Crippen LogP) is 4.28. The molecule has 0 aliphatic heterocycles. The lowest BCUT2D eigenvalue weighted by Gasteiger charge is -2.20. The molecule has 3 rings (SSSR count). The maximum atomic E-state index is 12.5. The maximum Gasteiger partial charge on any atom is 0.254 e. The molecular weight excluding hydrogens is 364 g/mol. The van der Waals surface area contributed by atoms with Gasteiger partial charge in [0.15, 0.2) is 0 Å². The maximum absolute atomic E-state index is 12.5. The summed E-state index contributed by atoms with van der Waals surface area (Å²) in [6.45, 7) is 5.94. The molecule has 2 aromatic rings. The van der Waals surface area contributed by atoms with Crippen LogP contribution in [0.1, 0.15) is 73.3 Å². The van der Waals surface area contributed by atoms with E-state index in [2.05, 4.69) is 21.4 Å². The van der Waals surface area contributed by atoms with Crippen molar-refractivity contribution >= 4 is 5.91 Å². The second kappa shape index (κ2) is 9.51. The van der Waals surface area contributed by atoms with Gasteiger partial charge in [-0.1, -0.05) is 6.92 Å². The summed E-state index contributed by atoms with van der Waals surface area (Å²) in [5, 5.41) is 12.3. The average molecular weight is 395 g/mol. The van der Waals surface area contributed by atoms with Crippen LogP contribution in [0.5, 0.6) is 5.75 Å². The van der Waals surface area contributed by atoms with Gasteiger partial charge in [-0.3, -0.25) is 4.79 Å². The van der Waals surface area contributed by atoms with E-state index in [1.54, 1.807) is 12.4 Å². The van der Waals surface area contributed by atoms with Crippen molar-refractivity contribution < 1.29 is 11.0 Å². The molecule has 1 aliphatic carbocycles. The van der Waals surface area contributed by atoms with E-state index in [9.17, 15) is 4.79 Å². The third kappa shape index (κ3) is 5.11. The highest BCUT2D eigenvalue weighted by Gasteiger charge is 2.23. The van der Waals surface area contributed by atoms with Crippen molar-refractivity contribution in [1.82, 2.24) is 15.3 Å². The minimum Gasteiger partial charge on any atom is -0.490 e. The third-order valence-corrected chi connectivity index (χ3v) is 5.69. The van der Waals surface area contributed by atoms with Crippen molar-refractivity contribution in [3.8, 4) is 11.8 Å². The molecule has 1 heterocycles. The lowest BCUT2D eigenvalue weighted by Crippen LogP contribution is -2.34. The van der Waals surface area contributed by atoms with E-state index in [4.69, 9.17) is 10.00 Å². The molecule has 1 aromatic heterocycles. The second-order valence-corrected chi connectivity index (χ2v) is 7.63. The predicted molar refractivity (Wildman–Crippen MR) is 113 cm³/mol. The van der Waals surface area contributed by atoms with E-state index in [0.29, 0.717) is 11.1 Å². The quantitative estimate of drug-likeness (QED) is 0.765. The van der Waals surface area contributed by atoms with E-state index in [0.717, 1.165) is 61.2 Å². The molecule has 1 amide bonds. The van der Waals surface area contributed by atoms with Crippen LogP contribution in [0.25, 0.3) is 0 Å². The van der Waals surface area contributed by atoms with Crippen molar-refractivity contribution in [3.05, 3.63) is 52.6 Å². The number of aromatic nitrogens is 2. The fraction of sp³-hybridized carbons (Fsp3) is 0.478. The number of carbonyl (C=O) groups is 1. The van der Waals surface area contributed by atoms with Crippen LogP contribution in [0, 0.1) is 25.2 Å². The van der Waals surface area contributed by atoms with E-state index in [-0.39, 0.29) is 19.5 Å². The molecule has 0 spiro atoms. The van der Waals surface area contributed by atoms with Gasteiger partial charge >= 0.3 is 0 Å². The molecule has 0 saturated heterocycles. The van der Waals surface area contributed by atoms with Crippen molar-refractivity contribution in [1.29, 1.82) is 5.26 Å². The topological polar surface area (TPSA) is 87.9 Å². The van der Waals surface area contributed by atoms with Gasteiger partial charge in [-0.25, -0.2) is 9.97 Å². The average Bonchev–Trinajstić information content (AvgIpc) is 2.96. The van der Waals surface area contributed by atoms with Crippen LogP contribution in [-0.2, 0) is 6.42 Å². The van der Waals surface area contributed by atoms with Gasteiger partial charge in [0, 0.05) is 26.3 Å². The highest BCUT2D eigenvalue weighted by atomic mass is 16.5. The SMILES string of the molecule is CCc1ncc(C(=O)N[C@@H]2CCC[C@@H](Oc3ccc(C#N)c(C)c3C)CC2)cn1.[HH]. The smallest absolute Gasteiger partial charge is 0.254 e. The second-order valence-electron chi connectivity index (χ2n) is 7.63. The molecule has 154 valence electrons. The van der Waals surface area contributed by atoms with Gasteiger partial charge in [0.05, 0.1) is 23.3 Å². The monoisotopic (exact) mass is 394 g/mol. The number of nitrogens with zero attached hydrogens (tertiary/aromatic N) is 3. The molecule has 1 fully saturated rings. The molecule has 2 atom stereocenters. The summed E-state index contributed by atoms with van der Waals surface area (Å²) in [6.07, 6.45) is 8.71. The summed E-state index contributed by atoms with van der Waals surface area (Å²) in [5.41, 5.74) is 3.19. The van der Waals surface area contributed by atoms with Crippen molar-refractivity contribution in [3.63, 3.8) is 0 Å². The number of aryl methyl sites for hydroxylation is 1. The van der Waals surface area contributed by atoms with Crippen molar-refractivity contribution in [2.24, 2.45) is 0 Å². The number of amides is 1. The van der Waals surface area contributed by atoms with Crippen LogP contribution < -0.4 is 10.1 Å². The number of benzene rings is 1. The standard InChI is InChI=1S/C23H28N4O2.H2/c1-4-22-25-13-18(14-26-22)23(28)27-19-6-5-7-20(10-9-19)29-21-11-8-17(12-24)15(2)16(21)3;/h8,11,13-14,19-20H,4-7,9-10H2,1-3H3,(H,27,28);1H/t19-,20-;/m1./s1. The van der Waals surface area contributed by atoms with Crippen LogP contribution in [0.2, 0.25) is 0 Å².